The molecule has 0 radical (unpaired) electrons. The molecule has 1 heterocycles. The number of aromatic nitrogens is 2. The quantitative estimate of drug-likeness (QED) is 0.0347. The van der Waals surface area contributed by atoms with Crippen LogP contribution in [0, 0.1) is 12.8 Å². The number of methoxy groups -OCH3 is 3. The van der Waals surface area contributed by atoms with Crippen LogP contribution in [0.1, 0.15) is 86.2 Å². The number of rotatable bonds is 29. The number of esters is 2. The molecule has 6 aromatic rings. The number of carbonyl (C=O) groups is 3. The van der Waals surface area contributed by atoms with Gasteiger partial charge in [0.15, 0.2) is 11.5 Å². The Morgan fingerprint density at radius 2 is 1.38 bits per heavy atom. The van der Waals surface area contributed by atoms with Crippen molar-refractivity contribution in [2.24, 2.45) is 5.92 Å². The molecular weight excluding hydrogens is 1050 g/mol. The summed E-state index contributed by atoms with van der Waals surface area (Å²) in [4.78, 5) is 52.2. The van der Waals surface area contributed by atoms with Gasteiger partial charge in [-0.25, -0.2) is 9.97 Å². The monoisotopic (exact) mass is 1120 g/mol. The van der Waals surface area contributed by atoms with Crippen LogP contribution in [0.5, 0.6) is 28.7 Å². The van der Waals surface area contributed by atoms with Gasteiger partial charge in [0.05, 0.1) is 89.9 Å². The summed E-state index contributed by atoms with van der Waals surface area (Å²) >= 11 is 0. The van der Waals surface area contributed by atoms with Crippen LogP contribution in [-0.4, -0.2) is 106 Å². The fraction of sp³-hybridized carbons (Fsp3) is 0.403. The van der Waals surface area contributed by atoms with Crippen molar-refractivity contribution in [1.82, 2.24) is 20.2 Å². The maximum absolute atomic E-state index is 13.8. The topological polar surface area (TPSA) is 169 Å². The first-order chi connectivity index (χ1) is 38.2. The van der Waals surface area contributed by atoms with E-state index in [1.807, 2.05) is 78.4 Å². The van der Waals surface area contributed by atoms with Crippen molar-refractivity contribution in [2.45, 2.75) is 92.8 Å². The Balaban J connectivity index is 0.0000120. The van der Waals surface area contributed by atoms with Crippen LogP contribution in [0.3, 0.4) is 0 Å². The predicted molar refractivity (Wildman–Crippen MR) is 303 cm³/mol. The van der Waals surface area contributed by atoms with Gasteiger partial charge in [-0.1, -0.05) is 73.7 Å². The standard InChI is InChI=1S/C61H72F3N5O11.CH4/c1-10-77-58(71)38-68(6)36-45-13-11-12-44(28-45)30-48-32-56(67-40-66-48)69(37-51-53(74-8)34-50(35-54(51)75-9)78-27-26-76-39-43-16-14-41(2)15-17-43)49-22-23-52(73-7)55(33-49)79-25-24-65-59(72)46(31-57(70)80-60(3,4)5)29-42-18-20-47(21-19-42)61(62,63)64;/h11-23,28,32-35,40,46H,10,24-27,29-31,36-39H2,1-9H3,(H,65,72);1H4/t46-;/m0./s1. The minimum atomic E-state index is -4.53. The summed E-state index contributed by atoms with van der Waals surface area (Å²) in [6, 6.07) is 31.5. The zero-order valence-electron chi connectivity index (χ0n) is 46.9. The van der Waals surface area contributed by atoms with Crippen molar-refractivity contribution in [1.29, 1.82) is 0 Å². The van der Waals surface area contributed by atoms with Gasteiger partial charge in [0.2, 0.25) is 5.91 Å². The van der Waals surface area contributed by atoms with Crippen LogP contribution >= 0.6 is 0 Å². The molecule has 0 bridgehead atoms. The fourth-order valence-corrected chi connectivity index (χ4v) is 8.61. The second-order valence-electron chi connectivity index (χ2n) is 20.0. The first kappa shape index (κ1) is 63.9. The second kappa shape index (κ2) is 30.6. The minimum Gasteiger partial charge on any atom is -0.496 e. The van der Waals surface area contributed by atoms with E-state index in [1.54, 1.807) is 66.2 Å². The van der Waals surface area contributed by atoms with E-state index in [0.717, 1.165) is 28.8 Å². The maximum atomic E-state index is 13.8. The number of amides is 1. The van der Waals surface area contributed by atoms with Crippen molar-refractivity contribution in [3.8, 4) is 28.7 Å². The average molecular weight is 1120 g/mol. The highest BCUT2D eigenvalue weighted by atomic mass is 19.4. The largest absolute Gasteiger partial charge is 0.496 e. The van der Waals surface area contributed by atoms with Gasteiger partial charge in [0, 0.05) is 42.9 Å². The molecule has 0 spiro atoms. The molecule has 16 nitrogen and oxygen atoms in total. The summed E-state index contributed by atoms with van der Waals surface area (Å²) in [6.45, 7) is 11.1. The van der Waals surface area contributed by atoms with Gasteiger partial charge in [0.1, 0.15) is 48.2 Å². The van der Waals surface area contributed by atoms with Gasteiger partial charge in [0.25, 0.3) is 0 Å². The molecule has 6 rings (SSSR count). The van der Waals surface area contributed by atoms with E-state index in [4.69, 9.17) is 42.9 Å². The minimum absolute atomic E-state index is 0. The fourth-order valence-electron chi connectivity index (χ4n) is 8.61. The number of ether oxygens (including phenoxy) is 8. The van der Waals surface area contributed by atoms with Crippen molar-refractivity contribution in [2.75, 3.05) is 72.8 Å². The number of aryl methyl sites for hydroxylation is 1. The molecule has 0 saturated carbocycles. The molecule has 5 aromatic carbocycles. The van der Waals surface area contributed by atoms with E-state index in [-0.39, 0.29) is 59.1 Å². The van der Waals surface area contributed by atoms with Gasteiger partial charge in [-0.05, 0) is 94.6 Å². The third-order valence-electron chi connectivity index (χ3n) is 12.4. The molecule has 1 amide bonds. The van der Waals surface area contributed by atoms with Crippen molar-refractivity contribution in [3.05, 3.63) is 160 Å². The summed E-state index contributed by atoms with van der Waals surface area (Å²) < 4.78 is 86.8. The maximum Gasteiger partial charge on any atom is 0.416 e. The van der Waals surface area contributed by atoms with Gasteiger partial charge in [-0.3, -0.25) is 19.3 Å². The molecule has 0 aliphatic rings. The average Bonchev–Trinajstić information content (AvgIpc) is 3.48. The highest BCUT2D eigenvalue weighted by Gasteiger charge is 2.31. The lowest BCUT2D eigenvalue weighted by molar-refractivity contribution is -0.157. The summed E-state index contributed by atoms with van der Waals surface area (Å²) in [5.74, 6) is 0.311. The number of halogens is 3. The molecule has 1 N–H and O–H groups in total. The lowest BCUT2D eigenvalue weighted by Gasteiger charge is -2.27. The summed E-state index contributed by atoms with van der Waals surface area (Å²) in [6.07, 6.45) is -2.90. The molecular formula is C62H76F3N5O11. The molecule has 81 heavy (non-hydrogen) atoms. The van der Waals surface area contributed by atoms with Crippen LogP contribution in [0.15, 0.2) is 116 Å². The molecule has 1 atom stereocenters. The van der Waals surface area contributed by atoms with Crippen LogP contribution < -0.4 is 33.9 Å². The summed E-state index contributed by atoms with van der Waals surface area (Å²) in [5, 5.41) is 2.83. The Morgan fingerprint density at radius 1 is 0.704 bits per heavy atom. The van der Waals surface area contributed by atoms with Gasteiger partial charge < -0.3 is 48.1 Å². The number of likely N-dealkylation sites (N-methyl/N-ethyl adjacent to an activating group) is 1. The number of carbonyl (C=O) groups excluding carboxylic acids is 3. The molecule has 0 aliphatic heterocycles. The van der Waals surface area contributed by atoms with E-state index in [9.17, 15) is 27.6 Å². The van der Waals surface area contributed by atoms with Crippen LogP contribution in [0.2, 0.25) is 0 Å². The highest BCUT2D eigenvalue weighted by molar-refractivity contribution is 5.84. The molecule has 0 unspecified atom stereocenters. The number of benzene rings is 5. The number of anilines is 2. The first-order valence-electron chi connectivity index (χ1n) is 26.2. The Kier molecular flexibility index (Phi) is 24.2. The Hall–Kier alpha value is -7.90. The number of hydrogen-bond acceptors (Lipinski definition) is 15. The lowest BCUT2D eigenvalue weighted by Crippen LogP contribution is -2.37. The smallest absolute Gasteiger partial charge is 0.416 e. The van der Waals surface area contributed by atoms with E-state index in [2.05, 4.69) is 16.4 Å². The third-order valence-corrected chi connectivity index (χ3v) is 12.4. The number of nitrogens with one attached hydrogen (secondary N) is 1. The van der Waals surface area contributed by atoms with Crippen LogP contribution in [-0.2, 0) is 67.3 Å². The van der Waals surface area contributed by atoms with Crippen LogP contribution in [0.25, 0.3) is 0 Å². The zero-order valence-corrected chi connectivity index (χ0v) is 46.9. The van der Waals surface area contributed by atoms with Gasteiger partial charge in [-0.2, -0.15) is 13.2 Å². The van der Waals surface area contributed by atoms with E-state index < -0.39 is 35.1 Å². The zero-order chi connectivity index (χ0) is 57.8. The molecule has 19 heteroatoms. The number of nitrogens with zero attached hydrogens (tertiary/aromatic N) is 4. The van der Waals surface area contributed by atoms with E-state index >= 15 is 0 Å². The van der Waals surface area contributed by atoms with Crippen LogP contribution in [0.4, 0.5) is 24.7 Å². The Labute approximate surface area is 473 Å². The Bertz CT molecular complexity index is 2950. The highest BCUT2D eigenvalue weighted by Crippen LogP contribution is 2.40. The molecule has 436 valence electrons. The Morgan fingerprint density at radius 3 is 2.04 bits per heavy atom. The number of hydrogen-bond donors (Lipinski definition) is 1. The second-order valence-corrected chi connectivity index (χ2v) is 20.0. The molecule has 1 aromatic heterocycles. The normalized spacial score (nSPS) is 11.7. The van der Waals surface area contributed by atoms with Crippen molar-refractivity contribution in [3.63, 3.8) is 0 Å². The van der Waals surface area contributed by atoms with E-state index in [0.29, 0.717) is 89.9 Å². The summed E-state index contributed by atoms with van der Waals surface area (Å²) in [5.41, 5.74) is 5.02. The molecule has 0 fully saturated rings. The van der Waals surface area contributed by atoms with Gasteiger partial charge in [-0.15, -0.1) is 0 Å². The SMILES string of the molecule is C.CCOC(=O)CN(C)Cc1cccc(Cc2cc(N(Cc3c(OC)cc(OCCOCc4ccc(C)cc4)cc3OC)c3ccc(OC)c(OCCNC(=O)[C@H](CC(=O)OC(C)(C)C)Cc4ccc(C(F)(F)F)cc4)c3)ncn2)c1. The van der Waals surface area contributed by atoms with Crippen molar-refractivity contribution >= 4 is 29.4 Å². The lowest BCUT2D eigenvalue weighted by atomic mass is 9.94. The van der Waals surface area contributed by atoms with Gasteiger partial charge >= 0.3 is 18.1 Å². The molecule has 0 aliphatic carbocycles. The first-order valence-corrected chi connectivity index (χ1v) is 26.2. The predicted octanol–water partition coefficient (Wildman–Crippen LogP) is 11.1. The summed E-state index contributed by atoms with van der Waals surface area (Å²) in [7, 11) is 6.49. The molecule has 0 saturated heterocycles. The van der Waals surface area contributed by atoms with E-state index in [1.165, 1.54) is 31.1 Å². The third kappa shape index (κ3) is 20.3. The number of alkyl halides is 3. The van der Waals surface area contributed by atoms with Crippen molar-refractivity contribution < 1.29 is 65.4 Å².